The van der Waals surface area contributed by atoms with Crippen LogP contribution in [0, 0.1) is 0 Å². The molecule has 1 heterocycles. The van der Waals surface area contributed by atoms with E-state index in [1.165, 1.54) is 21.8 Å². The Morgan fingerprint density at radius 2 is 1.87 bits per heavy atom. The number of hydrogen-bond donors (Lipinski definition) is 0. The fourth-order valence-electron chi connectivity index (χ4n) is 1.33. The van der Waals surface area contributed by atoms with E-state index in [2.05, 4.69) is 30.5 Å². The second kappa shape index (κ2) is 4.64. The van der Waals surface area contributed by atoms with Crippen LogP contribution in [0.15, 0.2) is 41.3 Å². The molecule has 0 aliphatic rings. The first-order valence-corrected chi connectivity index (χ1v) is 6.57. The smallest absolute Gasteiger partial charge is 0.160 e. The van der Waals surface area contributed by atoms with Crippen LogP contribution in [0.2, 0.25) is 0 Å². The molecule has 0 N–H and O–H groups in total. The van der Waals surface area contributed by atoms with E-state index in [-0.39, 0.29) is 0 Å². The van der Waals surface area contributed by atoms with Crippen LogP contribution in [0.3, 0.4) is 0 Å². The number of carbonyl (C=O) groups excluding carboxylic acids is 1. The zero-order valence-corrected chi connectivity index (χ0v) is 9.90. The summed E-state index contributed by atoms with van der Waals surface area (Å²) in [7, 11) is 0. The van der Waals surface area contributed by atoms with E-state index >= 15 is 0 Å². The van der Waals surface area contributed by atoms with Crippen molar-refractivity contribution in [3.8, 4) is 10.4 Å². The number of carbonyl (C=O) groups is 1. The molecule has 0 saturated heterocycles. The Morgan fingerprint density at radius 1 is 1.13 bits per heavy atom. The second-order valence-corrected chi connectivity index (χ2v) is 5.04. The average Bonchev–Trinajstić information content (AvgIpc) is 2.78. The van der Waals surface area contributed by atoms with E-state index in [0.29, 0.717) is 0 Å². The molecule has 0 fully saturated rings. The van der Waals surface area contributed by atoms with Gasteiger partial charge in [-0.1, -0.05) is 12.1 Å². The topological polar surface area (TPSA) is 17.1 Å². The summed E-state index contributed by atoms with van der Waals surface area (Å²) in [6.07, 6.45) is 2.95. The lowest BCUT2D eigenvalue weighted by molar-refractivity contribution is 0.112. The van der Waals surface area contributed by atoms with Crippen LogP contribution >= 0.6 is 23.1 Å². The van der Waals surface area contributed by atoms with Crippen LogP contribution in [0.4, 0.5) is 0 Å². The molecule has 1 nitrogen and oxygen atoms in total. The third kappa shape index (κ3) is 2.30. The first-order valence-electron chi connectivity index (χ1n) is 4.53. The van der Waals surface area contributed by atoms with Crippen molar-refractivity contribution < 1.29 is 4.79 Å². The lowest BCUT2D eigenvalue weighted by Gasteiger charge is -1.98. The summed E-state index contributed by atoms with van der Waals surface area (Å²) >= 11 is 3.25. The lowest BCUT2D eigenvalue weighted by atomic mass is 10.2. The van der Waals surface area contributed by atoms with Crippen LogP contribution in [-0.2, 0) is 0 Å². The van der Waals surface area contributed by atoms with Gasteiger partial charge in [0.25, 0.3) is 0 Å². The standard InChI is InChI=1S/C12H10OS2/c1-14-10-4-2-9(3-5-10)12-7-6-11(8-13)15-12/h2-8H,1H3. The van der Waals surface area contributed by atoms with E-state index < -0.39 is 0 Å². The highest BCUT2D eigenvalue weighted by molar-refractivity contribution is 7.98. The molecule has 15 heavy (non-hydrogen) atoms. The highest BCUT2D eigenvalue weighted by atomic mass is 32.2. The Hall–Kier alpha value is -1.06. The zero-order valence-electron chi connectivity index (χ0n) is 8.27. The van der Waals surface area contributed by atoms with Crippen molar-refractivity contribution in [3.63, 3.8) is 0 Å². The van der Waals surface area contributed by atoms with Crippen molar-refractivity contribution in [2.24, 2.45) is 0 Å². The summed E-state index contributed by atoms with van der Waals surface area (Å²) in [6, 6.07) is 12.2. The van der Waals surface area contributed by atoms with Crippen LogP contribution in [0.25, 0.3) is 10.4 Å². The summed E-state index contributed by atoms with van der Waals surface area (Å²) < 4.78 is 0. The minimum atomic E-state index is 0.777. The molecular formula is C12H10OS2. The molecule has 2 rings (SSSR count). The molecule has 76 valence electrons. The molecule has 2 aromatic rings. The minimum absolute atomic E-state index is 0.777. The predicted molar refractivity (Wildman–Crippen MR) is 66.9 cm³/mol. The first kappa shape index (κ1) is 10.5. The van der Waals surface area contributed by atoms with Crippen molar-refractivity contribution in [1.82, 2.24) is 0 Å². The van der Waals surface area contributed by atoms with Crippen LogP contribution < -0.4 is 0 Å². The van der Waals surface area contributed by atoms with Gasteiger partial charge in [0.15, 0.2) is 6.29 Å². The van der Waals surface area contributed by atoms with Gasteiger partial charge in [-0.05, 0) is 36.1 Å². The number of thioether (sulfide) groups is 1. The van der Waals surface area contributed by atoms with Gasteiger partial charge in [0, 0.05) is 9.77 Å². The molecule has 0 spiro atoms. The van der Waals surface area contributed by atoms with Gasteiger partial charge in [0.1, 0.15) is 0 Å². The summed E-state index contributed by atoms with van der Waals surface area (Å²) in [6.45, 7) is 0. The molecule has 0 bridgehead atoms. The van der Waals surface area contributed by atoms with Crippen LogP contribution in [0.5, 0.6) is 0 Å². The Balaban J connectivity index is 2.32. The molecule has 0 aliphatic carbocycles. The van der Waals surface area contributed by atoms with Gasteiger partial charge in [0.05, 0.1) is 4.88 Å². The van der Waals surface area contributed by atoms with E-state index in [0.717, 1.165) is 16.0 Å². The molecule has 3 heteroatoms. The maximum atomic E-state index is 10.6. The Kier molecular flexibility index (Phi) is 3.23. The highest BCUT2D eigenvalue weighted by Gasteiger charge is 2.01. The summed E-state index contributed by atoms with van der Waals surface area (Å²) in [4.78, 5) is 13.7. The highest BCUT2D eigenvalue weighted by Crippen LogP contribution is 2.28. The summed E-state index contributed by atoms with van der Waals surface area (Å²) in [5, 5.41) is 0. The molecule has 0 unspecified atom stereocenters. The summed E-state index contributed by atoms with van der Waals surface area (Å²) in [5.74, 6) is 0. The van der Waals surface area contributed by atoms with Gasteiger partial charge >= 0.3 is 0 Å². The quantitative estimate of drug-likeness (QED) is 0.591. The number of aldehydes is 1. The van der Waals surface area contributed by atoms with Gasteiger partial charge in [-0.2, -0.15) is 0 Å². The largest absolute Gasteiger partial charge is 0.297 e. The van der Waals surface area contributed by atoms with Gasteiger partial charge in [-0.3, -0.25) is 4.79 Å². The maximum Gasteiger partial charge on any atom is 0.160 e. The van der Waals surface area contributed by atoms with Crippen molar-refractivity contribution in [2.45, 2.75) is 4.90 Å². The third-order valence-electron chi connectivity index (χ3n) is 2.12. The summed E-state index contributed by atoms with van der Waals surface area (Å²) in [5.41, 5.74) is 1.17. The monoisotopic (exact) mass is 234 g/mol. The first-order chi connectivity index (χ1) is 7.33. The number of rotatable bonds is 3. The normalized spacial score (nSPS) is 10.2. The van der Waals surface area contributed by atoms with Crippen molar-refractivity contribution >= 4 is 29.4 Å². The maximum absolute atomic E-state index is 10.6. The molecule has 1 aromatic heterocycles. The molecule has 0 saturated carbocycles. The van der Waals surface area contributed by atoms with E-state index in [1.807, 2.05) is 12.1 Å². The fourth-order valence-corrected chi connectivity index (χ4v) is 2.56. The van der Waals surface area contributed by atoms with E-state index in [4.69, 9.17) is 0 Å². The van der Waals surface area contributed by atoms with Gasteiger partial charge in [-0.15, -0.1) is 23.1 Å². The molecule has 0 radical (unpaired) electrons. The van der Waals surface area contributed by atoms with Gasteiger partial charge in [-0.25, -0.2) is 0 Å². The third-order valence-corrected chi connectivity index (χ3v) is 3.92. The van der Waals surface area contributed by atoms with Crippen LogP contribution in [0.1, 0.15) is 9.67 Å². The Labute approximate surface area is 97.1 Å². The van der Waals surface area contributed by atoms with Gasteiger partial charge < -0.3 is 0 Å². The molecule has 0 aliphatic heterocycles. The lowest BCUT2D eigenvalue weighted by Crippen LogP contribution is -1.72. The number of hydrogen-bond acceptors (Lipinski definition) is 3. The SMILES string of the molecule is CSc1ccc(-c2ccc(C=O)s2)cc1. The number of benzene rings is 1. The van der Waals surface area contributed by atoms with E-state index in [1.54, 1.807) is 11.8 Å². The van der Waals surface area contributed by atoms with Crippen molar-refractivity contribution in [1.29, 1.82) is 0 Å². The molecule has 0 amide bonds. The van der Waals surface area contributed by atoms with Gasteiger partial charge in [0.2, 0.25) is 0 Å². The molecule has 0 atom stereocenters. The fraction of sp³-hybridized carbons (Fsp3) is 0.0833. The number of thiophene rings is 1. The van der Waals surface area contributed by atoms with Crippen molar-refractivity contribution in [3.05, 3.63) is 41.3 Å². The molecular weight excluding hydrogens is 224 g/mol. The van der Waals surface area contributed by atoms with E-state index in [9.17, 15) is 4.79 Å². The predicted octanol–water partition coefficient (Wildman–Crippen LogP) is 3.95. The average molecular weight is 234 g/mol. The Bertz CT molecular complexity index is 457. The zero-order chi connectivity index (χ0) is 10.7. The van der Waals surface area contributed by atoms with Crippen LogP contribution in [-0.4, -0.2) is 12.5 Å². The molecule has 1 aromatic carbocycles. The minimum Gasteiger partial charge on any atom is -0.297 e. The van der Waals surface area contributed by atoms with Crippen molar-refractivity contribution in [2.75, 3.05) is 6.26 Å². The second-order valence-electron chi connectivity index (χ2n) is 3.05. The Morgan fingerprint density at radius 3 is 2.40 bits per heavy atom.